The van der Waals surface area contributed by atoms with E-state index < -0.39 is 5.97 Å². The van der Waals surface area contributed by atoms with Gasteiger partial charge in [-0.3, -0.25) is 9.69 Å². The average molecular weight is 339 g/mol. The van der Waals surface area contributed by atoms with E-state index in [9.17, 15) is 9.90 Å². The fourth-order valence-corrected chi connectivity index (χ4v) is 3.35. The molecule has 6 heteroatoms. The number of carboxylic acid groups (broad SMARTS) is 1. The minimum atomic E-state index is -0.742. The smallest absolute Gasteiger partial charge is 0.317 e. The van der Waals surface area contributed by atoms with Gasteiger partial charge in [0.25, 0.3) is 0 Å². The third-order valence-corrected chi connectivity index (χ3v) is 5.23. The highest BCUT2D eigenvalue weighted by Gasteiger charge is 2.36. The van der Waals surface area contributed by atoms with Gasteiger partial charge in [0, 0.05) is 25.2 Å². The maximum atomic E-state index is 11.0. The maximum Gasteiger partial charge on any atom is 0.317 e. The summed E-state index contributed by atoms with van der Waals surface area (Å²) in [6, 6.07) is 6.01. The van der Waals surface area contributed by atoms with Crippen LogP contribution in [0.15, 0.2) is 18.2 Å². The number of nitrogens with one attached hydrogen (secondary N) is 1. The maximum absolute atomic E-state index is 11.0. The quantitative estimate of drug-likeness (QED) is 0.679. The largest absolute Gasteiger partial charge is 0.506 e. The van der Waals surface area contributed by atoms with E-state index in [1.165, 1.54) is 12.8 Å². The van der Waals surface area contributed by atoms with Gasteiger partial charge in [0.2, 0.25) is 0 Å². The average Bonchev–Trinajstić information content (AvgIpc) is 3.24. The van der Waals surface area contributed by atoms with E-state index in [1.807, 2.05) is 6.07 Å². The molecule has 2 aliphatic rings. The van der Waals surface area contributed by atoms with Crippen molar-refractivity contribution in [2.45, 2.75) is 44.3 Å². The van der Waals surface area contributed by atoms with Crippen LogP contribution in [0.1, 0.15) is 31.2 Å². The highest BCUT2D eigenvalue weighted by atomic mass is 35.5. The predicted molar refractivity (Wildman–Crippen MR) is 88.7 cm³/mol. The molecule has 2 saturated carbocycles. The number of benzene rings is 1. The summed E-state index contributed by atoms with van der Waals surface area (Å²) in [5.74, 6) is 0.0654. The van der Waals surface area contributed by atoms with Crippen LogP contribution >= 0.6 is 11.6 Å². The molecule has 23 heavy (non-hydrogen) atoms. The molecule has 2 fully saturated rings. The molecule has 0 heterocycles. The number of rotatable bonds is 8. The lowest BCUT2D eigenvalue weighted by Gasteiger charge is -2.43. The standard InChI is InChI=1S/C17H23ClN2O3/c18-17-12(2-1-3-15(17)21)8-19-13-6-14(7-13)20(10-16(22)23)9-11-4-5-11/h1-3,11,13-14,19,21H,4-10H2,(H,22,23). The van der Waals surface area contributed by atoms with Gasteiger partial charge in [-0.1, -0.05) is 23.7 Å². The Morgan fingerprint density at radius 3 is 2.74 bits per heavy atom. The van der Waals surface area contributed by atoms with Crippen LogP contribution in [0.25, 0.3) is 0 Å². The zero-order valence-corrected chi connectivity index (χ0v) is 13.8. The SMILES string of the molecule is O=C(O)CN(CC1CC1)C1CC(NCc2cccc(O)c2Cl)C1. The highest BCUT2D eigenvalue weighted by Crippen LogP contribution is 2.34. The lowest BCUT2D eigenvalue weighted by molar-refractivity contribution is -0.139. The molecule has 3 rings (SSSR count). The molecule has 0 saturated heterocycles. The minimum absolute atomic E-state index is 0.106. The lowest BCUT2D eigenvalue weighted by Crippen LogP contribution is -2.54. The van der Waals surface area contributed by atoms with Gasteiger partial charge in [0.15, 0.2) is 0 Å². The molecule has 126 valence electrons. The summed E-state index contributed by atoms with van der Waals surface area (Å²) in [5, 5.41) is 22.5. The van der Waals surface area contributed by atoms with Gasteiger partial charge < -0.3 is 15.5 Å². The number of halogens is 1. The van der Waals surface area contributed by atoms with Crippen LogP contribution in [0.5, 0.6) is 5.75 Å². The van der Waals surface area contributed by atoms with Crippen LogP contribution in [-0.4, -0.2) is 46.3 Å². The van der Waals surface area contributed by atoms with E-state index in [-0.39, 0.29) is 12.3 Å². The Bertz CT molecular complexity index is 571. The molecule has 2 aliphatic carbocycles. The van der Waals surface area contributed by atoms with Crippen LogP contribution in [-0.2, 0) is 11.3 Å². The first-order valence-electron chi connectivity index (χ1n) is 8.18. The topological polar surface area (TPSA) is 72.8 Å². The lowest BCUT2D eigenvalue weighted by atomic mass is 9.85. The highest BCUT2D eigenvalue weighted by molar-refractivity contribution is 6.32. The Morgan fingerprint density at radius 1 is 1.35 bits per heavy atom. The van der Waals surface area contributed by atoms with Crippen molar-refractivity contribution in [1.29, 1.82) is 0 Å². The summed E-state index contributed by atoms with van der Waals surface area (Å²) in [4.78, 5) is 13.1. The van der Waals surface area contributed by atoms with E-state index in [2.05, 4.69) is 10.2 Å². The molecule has 0 unspecified atom stereocenters. The number of aromatic hydroxyl groups is 1. The summed E-state index contributed by atoms with van der Waals surface area (Å²) in [6.45, 7) is 1.68. The van der Waals surface area contributed by atoms with Gasteiger partial charge in [-0.15, -0.1) is 0 Å². The van der Waals surface area contributed by atoms with E-state index in [0.717, 1.165) is 24.9 Å². The van der Waals surface area contributed by atoms with E-state index in [1.54, 1.807) is 12.1 Å². The summed E-state index contributed by atoms with van der Waals surface area (Å²) in [6.07, 6.45) is 4.41. The number of carbonyl (C=O) groups is 1. The predicted octanol–water partition coefficient (Wildman–Crippen LogP) is 2.46. The Balaban J connectivity index is 1.46. The zero-order chi connectivity index (χ0) is 16.4. The molecule has 0 bridgehead atoms. The normalized spacial score (nSPS) is 23.7. The monoisotopic (exact) mass is 338 g/mol. The van der Waals surface area contributed by atoms with Gasteiger partial charge in [0.1, 0.15) is 5.75 Å². The second-order valence-electron chi connectivity index (χ2n) is 6.72. The number of carboxylic acids is 1. The summed E-state index contributed by atoms with van der Waals surface area (Å²) < 4.78 is 0. The number of hydrogen-bond donors (Lipinski definition) is 3. The van der Waals surface area contributed by atoms with Crippen molar-refractivity contribution in [2.75, 3.05) is 13.1 Å². The van der Waals surface area contributed by atoms with Crippen molar-refractivity contribution in [3.8, 4) is 5.75 Å². The van der Waals surface area contributed by atoms with Crippen LogP contribution in [0.3, 0.4) is 0 Å². The Hall–Kier alpha value is -1.30. The summed E-state index contributed by atoms with van der Waals surface area (Å²) >= 11 is 6.08. The molecule has 0 atom stereocenters. The van der Waals surface area contributed by atoms with Crippen molar-refractivity contribution in [3.05, 3.63) is 28.8 Å². The van der Waals surface area contributed by atoms with E-state index in [0.29, 0.717) is 29.6 Å². The van der Waals surface area contributed by atoms with Crippen LogP contribution < -0.4 is 5.32 Å². The summed E-state index contributed by atoms with van der Waals surface area (Å²) in [7, 11) is 0. The third kappa shape index (κ3) is 4.37. The molecule has 1 aromatic rings. The van der Waals surface area contributed by atoms with Crippen LogP contribution in [0, 0.1) is 5.92 Å². The second kappa shape index (κ2) is 7.07. The zero-order valence-electron chi connectivity index (χ0n) is 13.0. The first kappa shape index (κ1) is 16.6. The molecule has 0 radical (unpaired) electrons. The first-order chi connectivity index (χ1) is 11.0. The van der Waals surface area contributed by atoms with Gasteiger partial charge in [0.05, 0.1) is 11.6 Å². The minimum Gasteiger partial charge on any atom is -0.506 e. The second-order valence-corrected chi connectivity index (χ2v) is 7.10. The molecule has 1 aromatic carbocycles. The number of hydrogen-bond acceptors (Lipinski definition) is 4. The fraction of sp³-hybridized carbons (Fsp3) is 0.588. The van der Waals surface area contributed by atoms with Crippen molar-refractivity contribution in [1.82, 2.24) is 10.2 Å². The van der Waals surface area contributed by atoms with Crippen LogP contribution in [0.2, 0.25) is 5.02 Å². The first-order valence-corrected chi connectivity index (χ1v) is 8.56. The van der Waals surface area contributed by atoms with Crippen molar-refractivity contribution < 1.29 is 15.0 Å². The molecule has 3 N–H and O–H groups in total. The number of phenolic OH excluding ortho intramolecular Hbond substituents is 1. The fourth-order valence-electron chi connectivity index (χ4n) is 3.16. The summed E-state index contributed by atoms with van der Waals surface area (Å²) in [5.41, 5.74) is 0.885. The third-order valence-electron chi connectivity index (χ3n) is 4.80. The van der Waals surface area contributed by atoms with Crippen LogP contribution in [0.4, 0.5) is 0 Å². The Kier molecular flexibility index (Phi) is 5.09. The van der Waals surface area contributed by atoms with E-state index in [4.69, 9.17) is 16.7 Å². The Morgan fingerprint density at radius 2 is 2.09 bits per heavy atom. The number of phenols is 1. The van der Waals surface area contributed by atoms with Gasteiger partial charge in [-0.2, -0.15) is 0 Å². The molecule has 0 amide bonds. The van der Waals surface area contributed by atoms with Crippen molar-refractivity contribution in [2.24, 2.45) is 5.92 Å². The van der Waals surface area contributed by atoms with E-state index >= 15 is 0 Å². The Labute approximate surface area is 141 Å². The van der Waals surface area contributed by atoms with Crippen molar-refractivity contribution >= 4 is 17.6 Å². The molecule has 5 nitrogen and oxygen atoms in total. The molecular weight excluding hydrogens is 316 g/mol. The number of aliphatic carboxylic acids is 1. The molecular formula is C17H23ClN2O3. The molecule has 0 aromatic heterocycles. The van der Waals surface area contributed by atoms with Crippen molar-refractivity contribution in [3.63, 3.8) is 0 Å². The molecule has 0 aliphatic heterocycles. The van der Waals surface area contributed by atoms with Gasteiger partial charge in [-0.25, -0.2) is 0 Å². The molecule has 0 spiro atoms. The number of nitrogens with zero attached hydrogens (tertiary/aromatic N) is 1. The van der Waals surface area contributed by atoms with Gasteiger partial charge >= 0.3 is 5.97 Å². The van der Waals surface area contributed by atoms with Gasteiger partial charge in [-0.05, 0) is 43.2 Å².